The van der Waals surface area contributed by atoms with Gasteiger partial charge in [-0.25, -0.2) is 4.68 Å². The van der Waals surface area contributed by atoms with Gasteiger partial charge in [-0.3, -0.25) is 4.90 Å². The first-order valence-electron chi connectivity index (χ1n) is 10.6. The normalized spacial score (nSPS) is 16.5. The molecule has 2 heterocycles. The quantitative estimate of drug-likeness (QED) is 0.601. The Morgan fingerprint density at radius 2 is 1.63 bits per heavy atom. The highest BCUT2D eigenvalue weighted by atomic mass is 15.6. The van der Waals surface area contributed by atoms with Gasteiger partial charge < -0.3 is 9.80 Å². The number of aromatic nitrogens is 4. The van der Waals surface area contributed by atoms with Gasteiger partial charge in [0.1, 0.15) is 0 Å². The van der Waals surface area contributed by atoms with Gasteiger partial charge in [-0.05, 0) is 47.2 Å². The summed E-state index contributed by atoms with van der Waals surface area (Å²) < 4.78 is 1.98. The lowest BCUT2D eigenvalue weighted by molar-refractivity contribution is 0.121. The van der Waals surface area contributed by atoms with Crippen molar-refractivity contribution in [1.82, 2.24) is 30.0 Å². The van der Waals surface area contributed by atoms with Crippen molar-refractivity contribution in [1.29, 1.82) is 0 Å². The molecule has 4 rings (SSSR count). The summed E-state index contributed by atoms with van der Waals surface area (Å²) in [5.41, 5.74) is 3.73. The van der Waals surface area contributed by atoms with E-state index < -0.39 is 0 Å². The molecule has 1 atom stereocenters. The van der Waals surface area contributed by atoms with Crippen LogP contribution in [-0.2, 0) is 13.0 Å². The van der Waals surface area contributed by atoms with E-state index in [1.807, 2.05) is 10.7 Å². The fourth-order valence-corrected chi connectivity index (χ4v) is 4.00. The van der Waals surface area contributed by atoms with Crippen LogP contribution < -0.4 is 4.90 Å². The first kappa shape index (κ1) is 20.5. The van der Waals surface area contributed by atoms with Crippen LogP contribution in [0.25, 0.3) is 0 Å². The summed E-state index contributed by atoms with van der Waals surface area (Å²) in [6, 6.07) is 19.4. The van der Waals surface area contributed by atoms with E-state index in [0.29, 0.717) is 0 Å². The lowest BCUT2D eigenvalue weighted by Gasteiger charge is -2.37. The second-order valence-electron chi connectivity index (χ2n) is 8.22. The summed E-state index contributed by atoms with van der Waals surface area (Å²) in [5.74, 6) is 0.924. The van der Waals surface area contributed by atoms with Crippen molar-refractivity contribution in [3.05, 3.63) is 71.5 Å². The number of hydrogen-bond donors (Lipinski definition) is 0. The number of rotatable bonds is 7. The van der Waals surface area contributed by atoms with Crippen molar-refractivity contribution in [2.24, 2.45) is 0 Å². The van der Waals surface area contributed by atoms with Crippen LogP contribution in [0.3, 0.4) is 0 Å². The largest absolute Gasteiger partial charge is 0.378 e. The van der Waals surface area contributed by atoms with E-state index in [1.54, 1.807) is 0 Å². The van der Waals surface area contributed by atoms with E-state index in [0.717, 1.165) is 45.0 Å². The third-order valence-corrected chi connectivity index (χ3v) is 5.89. The van der Waals surface area contributed by atoms with Crippen LogP contribution >= 0.6 is 0 Å². The van der Waals surface area contributed by atoms with E-state index in [2.05, 4.69) is 99.9 Å². The Bertz CT molecular complexity index is 912. The number of aryl methyl sites for hydroxylation is 2. The highest BCUT2D eigenvalue weighted by Crippen LogP contribution is 2.29. The molecule has 0 saturated carbocycles. The van der Waals surface area contributed by atoms with Crippen molar-refractivity contribution in [3.63, 3.8) is 0 Å². The number of likely N-dealkylation sites (N-methyl/N-ethyl adjacent to an activating group) is 1. The van der Waals surface area contributed by atoms with Gasteiger partial charge in [-0.2, -0.15) is 0 Å². The molecular weight excluding hydrogens is 374 g/mol. The number of nitrogens with zero attached hydrogens (tertiary/aromatic N) is 7. The van der Waals surface area contributed by atoms with E-state index in [9.17, 15) is 0 Å². The molecule has 3 aromatic rings. The maximum atomic E-state index is 4.49. The smallest absolute Gasteiger partial charge is 0.173 e. The summed E-state index contributed by atoms with van der Waals surface area (Å²) in [6.45, 7) is 4.88. The van der Waals surface area contributed by atoms with Crippen LogP contribution in [0.2, 0.25) is 0 Å². The molecule has 1 aliphatic heterocycles. The fraction of sp³-hybridized carbons (Fsp3) is 0.435. The lowest BCUT2D eigenvalue weighted by Crippen LogP contribution is -2.46. The molecule has 0 N–H and O–H groups in total. The topological polar surface area (TPSA) is 53.3 Å². The van der Waals surface area contributed by atoms with E-state index in [-0.39, 0.29) is 6.04 Å². The van der Waals surface area contributed by atoms with Crippen LogP contribution in [0.1, 0.15) is 23.0 Å². The van der Waals surface area contributed by atoms with Crippen molar-refractivity contribution >= 4 is 5.69 Å². The van der Waals surface area contributed by atoms with Gasteiger partial charge in [0.15, 0.2) is 5.82 Å². The van der Waals surface area contributed by atoms with Gasteiger partial charge in [0.05, 0.1) is 6.04 Å². The minimum absolute atomic E-state index is 0.0562. The molecule has 0 amide bonds. The Hall–Kier alpha value is -2.77. The molecule has 1 aromatic heterocycles. The highest BCUT2D eigenvalue weighted by Gasteiger charge is 2.29. The van der Waals surface area contributed by atoms with Gasteiger partial charge in [0.2, 0.25) is 0 Å². The Morgan fingerprint density at radius 1 is 0.933 bits per heavy atom. The third-order valence-electron chi connectivity index (χ3n) is 5.89. The molecule has 7 nitrogen and oxygen atoms in total. The minimum atomic E-state index is 0.0562. The van der Waals surface area contributed by atoms with E-state index in [4.69, 9.17) is 0 Å². The average Bonchev–Trinajstić information content (AvgIpc) is 3.23. The molecule has 1 fully saturated rings. The summed E-state index contributed by atoms with van der Waals surface area (Å²) >= 11 is 0. The Morgan fingerprint density at radius 3 is 2.30 bits per heavy atom. The zero-order valence-electron chi connectivity index (χ0n) is 18.1. The molecule has 0 aliphatic carbocycles. The molecular formula is C23H31N7. The predicted molar refractivity (Wildman–Crippen MR) is 120 cm³/mol. The monoisotopic (exact) mass is 405 g/mol. The summed E-state index contributed by atoms with van der Waals surface area (Å²) in [7, 11) is 6.32. The van der Waals surface area contributed by atoms with E-state index in [1.165, 1.54) is 16.8 Å². The van der Waals surface area contributed by atoms with Gasteiger partial charge in [0.25, 0.3) is 0 Å². The Kier molecular flexibility index (Phi) is 6.40. The third kappa shape index (κ3) is 4.68. The van der Waals surface area contributed by atoms with Gasteiger partial charge in [-0.15, -0.1) is 5.10 Å². The molecule has 1 saturated heterocycles. The second kappa shape index (κ2) is 9.36. The maximum absolute atomic E-state index is 4.49. The molecule has 0 unspecified atom stereocenters. The predicted octanol–water partition coefficient (Wildman–Crippen LogP) is 2.32. The van der Waals surface area contributed by atoms with Crippen molar-refractivity contribution in [3.8, 4) is 0 Å². The number of piperazine rings is 1. The van der Waals surface area contributed by atoms with Gasteiger partial charge >= 0.3 is 0 Å². The van der Waals surface area contributed by atoms with Crippen LogP contribution in [0.4, 0.5) is 5.69 Å². The standard InChI is InChI=1S/C23H31N7/c1-27(2)21-11-9-20(10-12-21)22(29-17-15-28(3)16-18-29)23-24-25-26-30(23)14-13-19-7-5-4-6-8-19/h4-12,22H,13-18H2,1-3H3/t22-/m0/s1. The average molecular weight is 406 g/mol. The van der Waals surface area contributed by atoms with Gasteiger partial charge in [0, 0.05) is 52.5 Å². The number of tetrazole rings is 1. The molecule has 1 aliphatic rings. The fourth-order valence-electron chi connectivity index (χ4n) is 4.00. The van der Waals surface area contributed by atoms with Crippen LogP contribution in [-0.4, -0.2) is 77.3 Å². The molecule has 30 heavy (non-hydrogen) atoms. The first-order chi connectivity index (χ1) is 14.6. The molecule has 7 heteroatoms. The van der Waals surface area contributed by atoms with Crippen LogP contribution in [0.15, 0.2) is 54.6 Å². The minimum Gasteiger partial charge on any atom is -0.378 e. The van der Waals surface area contributed by atoms with Crippen molar-refractivity contribution in [2.75, 3.05) is 52.2 Å². The van der Waals surface area contributed by atoms with E-state index >= 15 is 0 Å². The zero-order valence-corrected chi connectivity index (χ0v) is 18.1. The molecule has 0 bridgehead atoms. The summed E-state index contributed by atoms with van der Waals surface area (Å²) in [5, 5.41) is 12.9. The Labute approximate surface area is 178 Å². The number of anilines is 1. The van der Waals surface area contributed by atoms with Crippen LogP contribution in [0.5, 0.6) is 0 Å². The first-order valence-corrected chi connectivity index (χ1v) is 10.6. The molecule has 0 spiro atoms. The molecule has 0 radical (unpaired) electrons. The van der Waals surface area contributed by atoms with Crippen LogP contribution in [0, 0.1) is 0 Å². The maximum Gasteiger partial charge on any atom is 0.173 e. The van der Waals surface area contributed by atoms with Gasteiger partial charge in [-0.1, -0.05) is 42.5 Å². The number of hydrogen-bond acceptors (Lipinski definition) is 6. The number of benzene rings is 2. The second-order valence-corrected chi connectivity index (χ2v) is 8.22. The lowest BCUT2D eigenvalue weighted by atomic mass is 10.0. The Balaban J connectivity index is 1.62. The summed E-state index contributed by atoms with van der Waals surface area (Å²) in [6.07, 6.45) is 0.911. The van der Waals surface area contributed by atoms with Crippen molar-refractivity contribution < 1.29 is 0 Å². The highest BCUT2D eigenvalue weighted by molar-refractivity contribution is 5.47. The molecule has 158 valence electrons. The summed E-state index contributed by atoms with van der Waals surface area (Å²) in [4.78, 5) is 7.01. The van der Waals surface area contributed by atoms with Crippen molar-refractivity contribution in [2.45, 2.75) is 19.0 Å². The SMILES string of the molecule is CN1CCN([C@@H](c2ccc(N(C)C)cc2)c2nnnn2CCc2ccccc2)CC1. The zero-order chi connectivity index (χ0) is 20.9. The molecule has 2 aromatic carbocycles.